The zero-order valence-corrected chi connectivity index (χ0v) is 14.3. The molecule has 0 aliphatic heterocycles. The van der Waals surface area contributed by atoms with Crippen molar-refractivity contribution in [3.05, 3.63) is 12.2 Å². The first-order chi connectivity index (χ1) is 10.3. The second kappa shape index (κ2) is 8.35. The van der Waals surface area contributed by atoms with Crippen LogP contribution in [0.1, 0.15) is 66.2 Å². The molecule has 0 aromatic carbocycles. The van der Waals surface area contributed by atoms with Crippen LogP contribution < -0.4 is 0 Å². The van der Waals surface area contributed by atoms with Gasteiger partial charge in [-0.05, 0) is 56.8 Å². The summed E-state index contributed by atoms with van der Waals surface area (Å²) in [6, 6.07) is 0. The highest BCUT2D eigenvalue weighted by Gasteiger charge is 2.38. The molecule has 0 amide bonds. The maximum Gasteiger partial charge on any atom is 0.331 e. The van der Waals surface area contributed by atoms with Crippen LogP contribution in [0.2, 0.25) is 0 Å². The molecule has 1 N–H and O–H groups in total. The van der Waals surface area contributed by atoms with Crippen molar-refractivity contribution in [3.8, 4) is 0 Å². The Morgan fingerprint density at radius 1 is 1.23 bits per heavy atom. The van der Waals surface area contributed by atoms with E-state index in [-0.39, 0.29) is 0 Å². The van der Waals surface area contributed by atoms with Gasteiger partial charge in [-0.15, -0.1) is 0 Å². The highest BCUT2D eigenvalue weighted by molar-refractivity contribution is 5.90. The fourth-order valence-corrected chi connectivity index (χ4v) is 3.48. The van der Waals surface area contributed by atoms with Gasteiger partial charge < -0.3 is 9.84 Å². The minimum atomic E-state index is -1.13. The number of esters is 1. The van der Waals surface area contributed by atoms with Crippen molar-refractivity contribution in [2.45, 2.75) is 71.8 Å². The molecular weight excluding hydrogens is 280 g/mol. The highest BCUT2D eigenvalue weighted by Crippen LogP contribution is 2.41. The molecular formula is C18H30O4. The molecule has 0 aromatic rings. The van der Waals surface area contributed by atoms with Gasteiger partial charge in [0.25, 0.3) is 0 Å². The second-order valence-electron chi connectivity index (χ2n) is 6.76. The number of hydrogen-bond donors (Lipinski definition) is 1. The van der Waals surface area contributed by atoms with E-state index in [1.807, 2.05) is 13.8 Å². The molecule has 2 atom stereocenters. The van der Waals surface area contributed by atoms with Crippen LogP contribution in [0, 0.1) is 17.8 Å². The van der Waals surface area contributed by atoms with Crippen molar-refractivity contribution in [3.63, 3.8) is 0 Å². The number of carbonyl (C=O) groups excluding carboxylic acids is 1. The van der Waals surface area contributed by atoms with E-state index in [0.717, 1.165) is 43.3 Å². The molecule has 1 saturated carbocycles. The number of hydrogen-bond acceptors (Lipinski definition) is 3. The van der Waals surface area contributed by atoms with Crippen molar-refractivity contribution in [2.24, 2.45) is 17.8 Å². The summed E-state index contributed by atoms with van der Waals surface area (Å²) >= 11 is 0. The summed E-state index contributed by atoms with van der Waals surface area (Å²) in [6.07, 6.45) is 8.34. The lowest BCUT2D eigenvalue weighted by Gasteiger charge is -2.41. The first-order valence-electron chi connectivity index (χ1n) is 8.46. The third kappa shape index (κ3) is 5.15. The summed E-state index contributed by atoms with van der Waals surface area (Å²) in [7, 11) is 0. The summed E-state index contributed by atoms with van der Waals surface area (Å²) in [4.78, 5) is 22.3. The predicted octanol–water partition coefficient (Wildman–Crippen LogP) is 4.19. The summed E-state index contributed by atoms with van der Waals surface area (Å²) in [5.74, 6) is 0.208. The molecule has 1 fully saturated rings. The second-order valence-corrected chi connectivity index (χ2v) is 6.76. The first kappa shape index (κ1) is 18.7. The van der Waals surface area contributed by atoms with Gasteiger partial charge >= 0.3 is 11.9 Å². The van der Waals surface area contributed by atoms with Crippen molar-refractivity contribution in [1.82, 2.24) is 0 Å². The van der Waals surface area contributed by atoms with Crippen molar-refractivity contribution >= 4 is 11.9 Å². The molecule has 2 unspecified atom stereocenters. The van der Waals surface area contributed by atoms with Gasteiger partial charge in [0.2, 0.25) is 0 Å². The topological polar surface area (TPSA) is 63.6 Å². The predicted molar refractivity (Wildman–Crippen MR) is 86.5 cm³/mol. The van der Waals surface area contributed by atoms with E-state index in [4.69, 9.17) is 9.84 Å². The molecule has 0 spiro atoms. The van der Waals surface area contributed by atoms with Gasteiger partial charge in [-0.25, -0.2) is 9.59 Å². The molecule has 1 aliphatic rings. The van der Waals surface area contributed by atoms with Crippen LogP contribution in [0.15, 0.2) is 12.2 Å². The maximum absolute atomic E-state index is 11.8. The molecule has 22 heavy (non-hydrogen) atoms. The van der Waals surface area contributed by atoms with E-state index < -0.39 is 17.5 Å². The fraction of sp³-hybridized carbons (Fsp3) is 0.778. The molecule has 1 rings (SSSR count). The lowest BCUT2D eigenvalue weighted by atomic mass is 9.70. The summed E-state index contributed by atoms with van der Waals surface area (Å²) in [5, 5.41) is 8.58. The standard InChI is InChI=1S/C18H30O4/c1-5-13(3)14-7-9-15(10-8-14)18(4,6-2)22-17(21)12-11-16(19)20/h11-15H,5-10H2,1-4H3,(H,19,20)/b12-11+. The molecule has 4 nitrogen and oxygen atoms in total. The van der Waals surface area contributed by atoms with Gasteiger partial charge in [-0.3, -0.25) is 0 Å². The van der Waals surface area contributed by atoms with Crippen LogP contribution in [0.4, 0.5) is 0 Å². The Labute approximate surface area is 133 Å². The summed E-state index contributed by atoms with van der Waals surface area (Å²) in [5.41, 5.74) is -0.500. The monoisotopic (exact) mass is 310 g/mol. The normalized spacial score (nSPS) is 26.4. The van der Waals surface area contributed by atoms with Gasteiger partial charge in [-0.1, -0.05) is 27.2 Å². The van der Waals surface area contributed by atoms with E-state index >= 15 is 0 Å². The Morgan fingerprint density at radius 3 is 2.27 bits per heavy atom. The van der Waals surface area contributed by atoms with Crippen LogP contribution in [-0.4, -0.2) is 22.6 Å². The third-order valence-electron chi connectivity index (χ3n) is 5.48. The largest absolute Gasteiger partial charge is 0.478 e. The van der Waals surface area contributed by atoms with E-state index in [1.165, 1.54) is 19.3 Å². The van der Waals surface area contributed by atoms with Gasteiger partial charge in [0.1, 0.15) is 5.60 Å². The maximum atomic E-state index is 11.8. The lowest BCUT2D eigenvalue weighted by molar-refractivity contribution is -0.160. The molecule has 0 radical (unpaired) electrons. The van der Waals surface area contributed by atoms with Crippen LogP contribution in [0.5, 0.6) is 0 Å². The Balaban J connectivity index is 2.63. The average molecular weight is 310 g/mol. The zero-order chi connectivity index (χ0) is 16.8. The molecule has 0 bridgehead atoms. The number of carboxylic acids is 1. The van der Waals surface area contributed by atoms with Gasteiger partial charge in [0.15, 0.2) is 0 Å². The number of carboxylic acid groups (broad SMARTS) is 1. The summed E-state index contributed by atoms with van der Waals surface area (Å²) in [6.45, 7) is 8.56. The molecule has 0 saturated heterocycles. The molecule has 1 aliphatic carbocycles. The highest BCUT2D eigenvalue weighted by atomic mass is 16.6. The molecule has 126 valence electrons. The van der Waals surface area contributed by atoms with Crippen molar-refractivity contribution in [1.29, 1.82) is 0 Å². The zero-order valence-electron chi connectivity index (χ0n) is 14.3. The van der Waals surface area contributed by atoms with Crippen LogP contribution in [0.25, 0.3) is 0 Å². The Bertz CT molecular complexity index is 407. The van der Waals surface area contributed by atoms with E-state index in [9.17, 15) is 9.59 Å². The Kier molecular flexibility index (Phi) is 7.11. The number of rotatable bonds is 7. The SMILES string of the molecule is CCC(C)C1CCC(C(C)(CC)OC(=O)/C=C/C(=O)O)CC1. The van der Waals surface area contributed by atoms with E-state index in [1.54, 1.807) is 0 Å². The van der Waals surface area contributed by atoms with Crippen LogP contribution in [0.3, 0.4) is 0 Å². The third-order valence-corrected chi connectivity index (χ3v) is 5.48. The van der Waals surface area contributed by atoms with Gasteiger partial charge in [0, 0.05) is 12.2 Å². The Hall–Kier alpha value is -1.32. The average Bonchev–Trinajstić information content (AvgIpc) is 2.52. The smallest absolute Gasteiger partial charge is 0.331 e. The van der Waals surface area contributed by atoms with E-state index in [0.29, 0.717) is 5.92 Å². The minimum absolute atomic E-state index is 0.361. The first-order valence-corrected chi connectivity index (χ1v) is 8.46. The number of carbonyl (C=O) groups is 2. The fourth-order valence-electron chi connectivity index (χ4n) is 3.48. The minimum Gasteiger partial charge on any atom is -0.478 e. The van der Waals surface area contributed by atoms with Crippen LogP contribution in [-0.2, 0) is 14.3 Å². The van der Waals surface area contributed by atoms with Crippen molar-refractivity contribution < 1.29 is 19.4 Å². The van der Waals surface area contributed by atoms with Crippen LogP contribution >= 0.6 is 0 Å². The molecule has 0 heterocycles. The molecule has 4 heteroatoms. The summed E-state index contributed by atoms with van der Waals surface area (Å²) < 4.78 is 5.61. The van der Waals surface area contributed by atoms with Gasteiger partial charge in [0.05, 0.1) is 0 Å². The quantitative estimate of drug-likeness (QED) is 0.565. The lowest BCUT2D eigenvalue weighted by Crippen LogP contribution is -2.41. The van der Waals surface area contributed by atoms with E-state index in [2.05, 4.69) is 13.8 Å². The van der Waals surface area contributed by atoms with Gasteiger partial charge in [-0.2, -0.15) is 0 Å². The molecule has 0 aromatic heterocycles. The van der Waals surface area contributed by atoms with Crippen molar-refractivity contribution in [2.75, 3.05) is 0 Å². The number of ether oxygens (including phenoxy) is 1. The Morgan fingerprint density at radius 2 is 1.82 bits per heavy atom. The number of aliphatic carboxylic acids is 1.